The van der Waals surface area contributed by atoms with Crippen molar-refractivity contribution in [2.75, 3.05) is 11.9 Å². The fourth-order valence-corrected chi connectivity index (χ4v) is 1.86. The standard InChI is InChI=1S/C17H19NO3/c1-2-13-3-7-15(8-4-13)18-17(20)12-21-16-9-5-14(11-19)6-10-16/h3-10,19H,2,11-12H2,1H3,(H,18,20). The van der Waals surface area contributed by atoms with E-state index < -0.39 is 0 Å². The Balaban J connectivity index is 1.83. The molecule has 4 heteroatoms. The Morgan fingerprint density at radius 1 is 1.05 bits per heavy atom. The van der Waals surface area contributed by atoms with Gasteiger partial charge in [-0.1, -0.05) is 31.2 Å². The van der Waals surface area contributed by atoms with Gasteiger partial charge in [0.2, 0.25) is 0 Å². The molecule has 2 rings (SSSR count). The highest BCUT2D eigenvalue weighted by Crippen LogP contribution is 2.13. The maximum absolute atomic E-state index is 11.8. The summed E-state index contributed by atoms with van der Waals surface area (Å²) in [4.78, 5) is 11.8. The van der Waals surface area contributed by atoms with Crippen LogP contribution in [-0.2, 0) is 17.8 Å². The second-order valence-electron chi connectivity index (χ2n) is 4.69. The lowest BCUT2D eigenvalue weighted by Gasteiger charge is -2.08. The van der Waals surface area contributed by atoms with Gasteiger partial charge in [0.25, 0.3) is 5.91 Å². The molecule has 21 heavy (non-hydrogen) atoms. The number of hydrogen-bond donors (Lipinski definition) is 2. The third kappa shape index (κ3) is 4.61. The van der Waals surface area contributed by atoms with E-state index in [0.29, 0.717) is 5.75 Å². The van der Waals surface area contributed by atoms with E-state index in [0.717, 1.165) is 17.7 Å². The van der Waals surface area contributed by atoms with Crippen molar-refractivity contribution in [3.63, 3.8) is 0 Å². The van der Waals surface area contributed by atoms with E-state index in [9.17, 15) is 4.79 Å². The van der Waals surface area contributed by atoms with E-state index in [4.69, 9.17) is 9.84 Å². The smallest absolute Gasteiger partial charge is 0.262 e. The summed E-state index contributed by atoms with van der Waals surface area (Å²) in [6, 6.07) is 14.7. The molecular weight excluding hydrogens is 266 g/mol. The minimum atomic E-state index is -0.203. The molecule has 0 aliphatic heterocycles. The summed E-state index contributed by atoms with van der Waals surface area (Å²) in [6.45, 7) is 2.03. The molecule has 0 radical (unpaired) electrons. The van der Waals surface area contributed by atoms with Crippen LogP contribution in [0.3, 0.4) is 0 Å². The Labute approximate surface area is 124 Å². The summed E-state index contributed by atoms with van der Waals surface area (Å²) in [5.41, 5.74) is 2.80. The van der Waals surface area contributed by atoms with Crippen molar-refractivity contribution in [1.82, 2.24) is 0 Å². The number of aryl methyl sites for hydroxylation is 1. The molecule has 2 aromatic rings. The van der Waals surface area contributed by atoms with Crippen LogP contribution in [0.4, 0.5) is 5.69 Å². The van der Waals surface area contributed by atoms with Crippen LogP contribution in [-0.4, -0.2) is 17.6 Å². The van der Waals surface area contributed by atoms with Crippen molar-refractivity contribution in [3.05, 3.63) is 59.7 Å². The molecule has 0 aromatic heterocycles. The first-order valence-corrected chi connectivity index (χ1v) is 6.92. The number of rotatable bonds is 6. The lowest BCUT2D eigenvalue weighted by Crippen LogP contribution is -2.20. The highest BCUT2D eigenvalue weighted by Gasteiger charge is 2.04. The number of hydrogen-bond acceptors (Lipinski definition) is 3. The number of benzene rings is 2. The molecule has 0 fully saturated rings. The van der Waals surface area contributed by atoms with E-state index in [2.05, 4.69) is 12.2 Å². The molecule has 0 aliphatic rings. The number of nitrogens with one attached hydrogen (secondary N) is 1. The average Bonchev–Trinajstić information content (AvgIpc) is 2.54. The Morgan fingerprint density at radius 3 is 2.24 bits per heavy atom. The first-order chi connectivity index (χ1) is 10.2. The van der Waals surface area contributed by atoms with Crippen LogP contribution in [0.15, 0.2) is 48.5 Å². The van der Waals surface area contributed by atoms with Crippen LogP contribution in [0.25, 0.3) is 0 Å². The normalized spacial score (nSPS) is 10.2. The van der Waals surface area contributed by atoms with Gasteiger partial charge in [-0.15, -0.1) is 0 Å². The minimum absolute atomic E-state index is 0.00544. The van der Waals surface area contributed by atoms with Gasteiger partial charge in [-0.2, -0.15) is 0 Å². The highest BCUT2D eigenvalue weighted by atomic mass is 16.5. The molecule has 2 aromatic carbocycles. The Hall–Kier alpha value is -2.33. The Bertz CT molecular complexity index is 576. The second-order valence-corrected chi connectivity index (χ2v) is 4.69. The molecule has 1 amide bonds. The molecule has 0 spiro atoms. The number of anilines is 1. The average molecular weight is 285 g/mol. The predicted octanol–water partition coefficient (Wildman–Crippen LogP) is 2.76. The van der Waals surface area contributed by atoms with E-state index in [-0.39, 0.29) is 19.1 Å². The quantitative estimate of drug-likeness (QED) is 0.858. The number of aliphatic hydroxyl groups excluding tert-OH is 1. The monoisotopic (exact) mass is 285 g/mol. The summed E-state index contributed by atoms with van der Waals surface area (Å²) in [5, 5.41) is 11.7. The van der Waals surface area contributed by atoms with Gasteiger partial charge in [-0.3, -0.25) is 4.79 Å². The fraction of sp³-hybridized carbons (Fsp3) is 0.235. The molecule has 0 saturated heterocycles. The van der Waals surface area contributed by atoms with Crippen LogP contribution in [0.5, 0.6) is 5.75 Å². The minimum Gasteiger partial charge on any atom is -0.484 e. The summed E-state index contributed by atoms with van der Waals surface area (Å²) in [7, 11) is 0. The van der Waals surface area contributed by atoms with Crippen LogP contribution < -0.4 is 10.1 Å². The summed E-state index contributed by atoms with van der Waals surface area (Å²) in [5.74, 6) is 0.397. The van der Waals surface area contributed by atoms with Gasteiger partial charge in [-0.05, 0) is 41.8 Å². The number of ether oxygens (including phenoxy) is 1. The third-order valence-electron chi connectivity index (χ3n) is 3.12. The zero-order chi connectivity index (χ0) is 15.1. The van der Waals surface area contributed by atoms with Crippen molar-refractivity contribution in [3.8, 4) is 5.75 Å². The van der Waals surface area contributed by atoms with Crippen LogP contribution in [0.1, 0.15) is 18.1 Å². The second kappa shape index (κ2) is 7.45. The molecule has 0 heterocycles. The molecule has 4 nitrogen and oxygen atoms in total. The van der Waals surface area contributed by atoms with Gasteiger partial charge in [0.15, 0.2) is 6.61 Å². The zero-order valence-electron chi connectivity index (χ0n) is 12.0. The van der Waals surface area contributed by atoms with Crippen LogP contribution in [0.2, 0.25) is 0 Å². The zero-order valence-corrected chi connectivity index (χ0v) is 12.0. The molecule has 0 unspecified atom stereocenters. The maximum Gasteiger partial charge on any atom is 0.262 e. The van der Waals surface area contributed by atoms with Gasteiger partial charge in [0, 0.05) is 5.69 Å². The number of carbonyl (C=O) groups is 1. The van der Waals surface area contributed by atoms with Crippen molar-refractivity contribution < 1.29 is 14.6 Å². The molecule has 0 bridgehead atoms. The first kappa shape index (κ1) is 15.1. The van der Waals surface area contributed by atoms with Gasteiger partial charge in [0.05, 0.1) is 6.61 Å². The summed E-state index contributed by atoms with van der Waals surface area (Å²) < 4.78 is 5.39. The van der Waals surface area contributed by atoms with Gasteiger partial charge < -0.3 is 15.2 Å². The summed E-state index contributed by atoms with van der Waals surface area (Å²) >= 11 is 0. The molecule has 110 valence electrons. The van der Waals surface area contributed by atoms with Crippen molar-refractivity contribution in [1.29, 1.82) is 0 Å². The highest BCUT2D eigenvalue weighted by molar-refractivity contribution is 5.91. The lowest BCUT2D eigenvalue weighted by atomic mass is 10.1. The van der Waals surface area contributed by atoms with Gasteiger partial charge in [-0.25, -0.2) is 0 Å². The van der Waals surface area contributed by atoms with Crippen molar-refractivity contribution >= 4 is 11.6 Å². The number of aliphatic hydroxyl groups is 1. The van der Waals surface area contributed by atoms with Gasteiger partial charge in [0.1, 0.15) is 5.75 Å². The Kier molecular flexibility index (Phi) is 5.35. The van der Waals surface area contributed by atoms with Crippen molar-refractivity contribution in [2.24, 2.45) is 0 Å². The molecule has 0 saturated carbocycles. The lowest BCUT2D eigenvalue weighted by molar-refractivity contribution is -0.118. The van der Waals surface area contributed by atoms with E-state index in [1.807, 2.05) is 24.3 Å². The molecule has 2 N–H and O–H groups in total. The predicted molar refractivity (Wildman–Crippen MR) is 82.3 cm³/mol. The third-order valence-corrected chi connectivity index (χ3v) is 3.12. The van der Waals surface area contributed by atoms with Crippen LogP contribution in [0, 0.1) is 0 Å². The molecule has 0 aliphatic carbocycles. The van der Waals surface area contributed by atoms with E-state index in [1.54, 1.807) is 24.3 Å². The summed E-state index contributed by atoms with van der Waals surface area (Å²) in [6.07, 6.45) is 0.973. The SMILES string of the molecule is CCc1ccc(NC(=O)COc2ccc(CO)cc2)cc1. The van der Waals surface area contributed by atoms with Crippen molar-refractivity contribution in [2.45, 2.75) is 20.0 Å². The molecular formula is C17H19NO3. The first-order valence-electron chi connectivity index (χ1n) is 6.92. The largest absolute Gasteiger partial charge is 0.484 e. The van der Waals surface area contributed by atoms with E-state index >= 15 is 0 Å². The van der Waals surface area contributed by atoms with Gasteiger partial charge >= 0.3 is 0 Å². The fourth-order valence-electron chi connectivity index (χ4n) is 1.86. The Morgan fingerprint density at radius 2 is 1.67 bits per heavy atom. The van der Waals surface area contributed by atoms with E-state index in [1.165, 1.54) is 5.56 Å². The maximum atomic E-state index is 11.8. The van der Waals surface area contributed by atoms with Crippen LogP contribution >= 0.6 is 0 Å². The number of amides is 1. The topological polar surface area (TPSA) is 58.6 Å². The molecule has 0 atom stereocenters. The number of carbonyl (C=O) groups excluding carboxylic acids is 1.